The molecule has 1 saturated heterocycles. The maximum absolute atomic E-state index is 14.1. The first kappa shape index (κ1) is 24.6. The van der Waals surface area contributed by atoms with Crippen LogP contribution in [0.4, 0.5) is 4.39 Å². The molecule has 0 radical (unpaired) electrons. The first-order chi connectivity index (χ1) is 18.5. The van der Waals surface area contributed by atoms with Crippen molar-refractivity contribution < 1.29 is 9.18 Å². The van der Waals surface area contributed by atoms with E-state index in [1.165, 1.54) is 6.07 Å². The standard InChI is InChI=1S/C31H33FN4O2/c1-34-14-12-22(16-30(34)37)26-11-13-33-17-28(26)31(38)36(25-9-10-25)20-23-19-35(29-8-3-2-7-27(23)29)18-21-5-4-6-24(32)15-21/h2-8,12,14-16,19,25-26,28,33H,9-11,13,17-18,20H2,1H3/t26-,28?/m1/s1. The average molecular weight is 513 g/mol. The molecule has 1 amide bonds. The van der Waals surface area contributed by atoms with Gasteiger partial charge in [0.1, 0.15) is 5.82 Å². The molecule has 3 heterocycles. The number of para-hydroxylation sites is 1. The van der Waals surface area contributed by atoms with Gasteiger partial charge in [0, 0.05) is 62.1 Å². The number of piperidine rings is 1. The van der Waals surface area contributed by atoms with Gasteiger partial charge in [-0.2, -0.15) is 0 Å². The number of aryl methyl sites for hydroxylation is 1. The smallest absolute Gasteiger partial charge is 0.250 e. The molecular formula is C31H33FN4O2. The molecule has 1 N–H and O–H groups in total. The van der Waals surface area contributed by atoms with E-state index in [2.05, 4.69) is 33.1 Å². The molecule has 196 valence electrons. The Hall–Kier alpha value is -3.71. The van der Waals surface area contributed by atoms with E-state index >= 15 is 0 Å². The monoisotopic (exact) mass is 512 g/mol. The highest BCUT2D eigenvalue weighted by atomic mass is 19.1. The maximum atomic E-state index is 14.1. The zero-order valence-electron chi connectivity index (χ0n) is 21.6. The molecule has 2 atom stereocenters. The van der Waals surface area contributed by atoms with Crippen molar-refractivity contribution in [1.82, 2.24) is 19.4 Å². The summed E-state index contributed by atoms with van der Waals surface area (Å²) in [7, 11) is 1.75. The van der Waals surface area contributed by atoms with Crippen LogP contribution in [-0.2, 0) is 24.9 Å². The second-order valence-corrected chi connectivity index (χ2v) is 10.7. The Morgan fingerprint density at radius 3 is 2.71 bits per heavy atom. The topological polar surface area (TPSA) is 59.3 Å². The van der Waals surface area contributed by atoms with Crippen LogP contribution in [0.15, 0.2) is 77.9 Å². The van der Waals surface area contributed by atoms with Gasteiger partial charge in [-0.1, -0.05) is 30.3 Å². The molecule has 0 bridgehead atoms. The van der Waals surface area contributed by atoms with Crippen LogP contribution in [0.5, 0.6) is 0 Å². The van der Waals surface area contributed by atoms with Crippen LogP contribution in [0.3, 0.4) is 0 Å². The molecule has 7 heteroatoms. The Labute approximate surface area is 221 Å². The molecule has 2 aromatic heterocycles. The van der Waals surface area contributed by atoms with Gasteiger partial charge in [-0.25, -0.2) is 4.39 Å². The number of benzene rings is 2. The number of nitrogens with zero attached hydrogens (tertiary/aromatic N) is 3. The summed E-state index contributed by atoms with van der Waals surface area (Å²) in [5.74, 6) is -0.269. The van der Waals surface area contributed by atoms with Crippen molar-refractivity contribution in [3.63, 3.8) is 0 Å². The number of pyridine rings is 1. The Bertz CT molecular complexity index is 1540. The van der Waals surface area contributed by atoms with Gasteiger partial charge in [-0.15, -0.1) is 0 Å². The lowest BCUT2D eigenvalue weighted by Crippen LogP contribution is -2.47. The molecule has 2 fully saturated rings. The number of rotatable bonds is 7. The number of aromatic nitrogens is 2. The lowest BCUT2D eigenvalue weighted by molar-refractivity contribution is -0.138. The molecule has 1 aliphatic carbocycles. The van der Waals surface area contributed by atoms with Crippen LogP contribution in [0.1, 0.15) is 41.9 Å². The predicted molar refractivity (Wildman–Crippen MR) is 146 cm³/mol. The van der Waals surface area contributed by atoms with Crippen molar-refractivity contribution in [1.29, 1.82) is 0 Å². The van der Waals surface area contributed by atoms with Gasteiger partial charge in [0.2, 0.25) is 5.91 Å². The quantitative estimate of drug-likeness (QED) is 0.399. The molecular weight excluding hydrogens is 479 g/mol. The lowest BCUT2D eigenvalue weighted by atomic mass is 9.80. The molecule has 6 nitrogen and oxygen atoms in total. The van der Waals surface area contributed by atoms with Crippen LogP contribution >= 0.6 is 0 Å². The summed E-state index contributed by atoms with van der Waals surface area (Å²) in [6.07, 6.45) is 6.78. The van der Waals surface area contributed by atoms with Gasteiger partial charge in [0.25, 0.3) is 5.56 Å². The van der Waals surface area contributed by atoms with Gasteiger partial charge in [0.05, 0.1) is 5.92 Å². The minimum absolute atomic E-state index is 0.0215. The fourth-order valence-electron chi connectivity index (χ4n) is 5.89. The van der Waals surface area contributed by atoms with Crippen molar-refractivity contribution in [3.8, 4) is 0 Å². The normalized spacial score (nSPS) is 19.5. The third-order valence-corrected chi connectivity index (χ3v) is 8.08. The van der Waals surface area contributed by atoms with E-state index in [1.807, 2.05) is 24.3 Å². The summed E-state index contributed by atoms with van der Waals surface area (Å²) in [6.45, 7) is 2.55. The van der Waals surface area contributed by atoms with E-state index in [4.69, 9.17) is 0 Å². The second kappa shape index (κ2) is 10.2. The van der Waals surface area contributed by atoms with Gasteiger partial charge in [-0.05, 0) is 72.7 Å². The van der Waals surface area contributed by atoms with Crippen molar-refractivity contribution in [2.45, 2.75) is 44.3 Å². The number of carbonyl (C=O) groups excluding carboxylic acids is 1. The lowest BCUT2D eigenvalue weighted by Gasteiger charge is -2.35. The number of hydrogen-bond acceptors (Lipinski definition) is 3. The summed E-state index contributed by atoms with van der Waals surface area (Å²) in [5.41, 5.74) is 3.99. The molecule has 6 rings (SSSR count). The van der Waals surface area contributed by atoms with Crippen LogP contribution in [0, 0.1) is 11.7 Å². The Balaban J connectivity index is 1.30. The van der Waals surface area contributed by atoms with Crippen molar-refractivity contribution >= 4 is 16.8 Å². The number of halogens is 1. The molecule has 1 unspecified atom stereocenters. The molecule has 38 heavy (non-hydrogen) atoms. The Kier molecular flexibility index (Phi) is 6.62. The minimum atomic E-state index is -0.239. The zero-order chi connectivity index (χ0) is 26.2. The third kappa shape index (κ3) is 4.90. The predicted octanol–water partition coefficient (Wildman–Crippen LogP) is 4.41. The largest absolute Gasteiger partial charge is 0.343 e. The summed E-state index contributed by atoms with van der Waals surface area (Å²) in [5, 5.41) is 4.54. The van der Waals surface area contributed by atoms with Crippen molar-refractivity contribution in [2.24, 2.45) is 13.0 Å². The fourth-order valence-corrected chi connectivity index (χ4v) is 5.89. The van der Waals surface area contributed by atoms with Crippen LogP contribution in [-0.4, -0.2) is 39.1 Å². The fraction of sp³-hybridized carbons (Fsp3) is 0.355. The third-order valence-electron chi connectivity index (χ3n) is 8.08. The summed E-state index contributed by atoms with van der Waals surface area (Å²) < 4.78 is 17.6. The van der Waals surface area contributed by atoms with E-state index in [9.17, 15) is 14.0 Å². The highest BCUT2D eigenvalue weighted by Gasteiger charge is 2.40. The number of fused-ring (bicyclic) bond motifs is 1. The van der Waals surface area contributed by atoms with E-state index < -0.39 is 0 Å². The van der Waals surface area contributed by atoms with Crippen LogP contribution in [0.25, 0.3) is 10.9 Å². The SMILES string of the molecule is Cn1ccc([C@H]2CCNCC2C(=O)N(Cc2cn(Cc3cccc(F)c3)c3ccccc23)C2CC2)cc1=O. The zero-order valence-corrected chi connectivity index (χ0v) is 21.6. The van der Waals surface area contributed by atoms with E-state index in [1.54, 1.807) is 36.0 Å². The molecule has 1 saturated carbocycles. The Morgan fingerprint density at radius 2 is 1.92 bits per heavy atom. The Morgan fingerprint density at radius 1 is 1.08 bits per heavy atom. The van der Waals surface area contributed by atoms with Crippen molar-refractivity contribution in [2.75, 3.05) is 13.1 Å². The summed E-state index contributed by atoms with van der Waals surface area (Å²) >= 11 is 0. The van der Waals surface area contributed by atoms with Crippen LogP contribution < -0.4 is 10.9 Å². The summed E-state index contributed by atoms with van der Waals surface area (Å²) in [4.78, 5) is 28.6. The molecule has 2 aromatic carbocycles. The van der Waals surface area contributed by atoms with Gasteiger partial charge >= 0.3 is 0 Å². The molecule has 2 aliphatic rings. The summed E-state index contributed by atoms with van der Waals surface area (Å²) in [6, 6.07) is 18.9. The van der Waals surface area contributed by atoms with Crippen LogP contribution in [0.2, 0.25) is 0 Å². The first-order valence-corrected chi connectivity index (χ1v) is 13.5. The van der Waals surface area contributed by atoms with Crippen molar-refractivity contribution in [3.05, 3.63) is 106 Å². The minimum Gasteiger partial charge on any atom is -0.343 e. The van der Waals surface area contributed by atoms with Gasteiger partial charge in [0.15, 0.2) is 0 Å². The number of hydrogen-bond donors (Lipinski definition) is 1. The maximum Gasteiger partial charge on any atom is 0.250 e. The number of carbonyl (C=O) groups is 1. The average Bonchev–Trinajstić information content (AvgIpc) is 3.72. The molecule has 4 aromatic rings. The molecule has 0 spiro atoms. The van der Waals surface area contributed by atoms with Gasteiger partial charge < -0.3 is 19.4 Å². The second-order valence-electron chi connectivity index (χ2n) is 10.7. The van der Waals surface area contributed by atoms with E-state index in [0.717, 1.165) is 53.4 Å². The highest BCUT2D eigenvalue weighted by Crippen LogP contribution is 2.36. The number of amides is 1. The highest BCUT2D eigenvalue weighted by molar-refractivity contribution is 5.86. The van der Waals surface area contributed by atoms with Gasteiger partial charge in [-0.3, -0.25) is 9.59 Å². The van der Waals surface area contributed by atoms with E-state index in [0.29, 0.717) is 19.6 Å². The number of nitrogens with one attached hydrogen (secondary N) is 1. The molecule has 1 aliphatic heterocycles. The van der Waals surface area contributed by atoms with E-state index in [-0.39, 0.29) is 35.2 Å². The first-order valence-electron chi connectivity index (χ1n) is 13.5.